The van der Waals surface area contributed by atoms with Crippen molar-refractivity contribution >= 4 is 0 Å². The van der Waals surface area contributed by atoms with E-state index in [1.165, 1.54) is 0 Å². The minimum Gasteiger partial charge on any atom is -0.388 e. The number of benzene rings is 1. The fraction of sp³-hybridized carbons (Fsp3) is 0.538. The van der Waals surface area contributed by atoms with Crippen LogP contribution in [-0.2, 0) is 6.54 Å². The van der Waals surface area contributed by atoms with Gasteiger partial charge in [0.2, 0.25) is 0 Å². The fourth-order valence-corrected chi connectivity index (χ4v) is 2.34. The van der Waals surface area contributed by atoms with E-state index in [0.29, 0.717) is 12.5 Å². The number of nitrogens with two attached hydrogens (primary N) is 1. The Morgan fingerprint density at radius 2 is 2.12 bits per heavy atom. The van der Waals surface area contributed by atoms with Crippen molar-refractivity contribution in [1.82, 2.24) is 5.32 Å². The lowest BCUT2D eigenvalue weighted by Crippen LogP contribution is -2.30. The van der Waals surface area contributed by atoms with Crippen LogP contribution in [0, 0.1) is 5.92 Å². The normalized spacial score (nSPS) is 19.6. The number of hydrogen-bond acceptors (Lipinski definition) is 3. The third-order valence-corrected chi connectivity index (χ3v) is 3.36. The van der Waals surface area contributed by atoms with Crippen LogP contribution in [0.1, 0.15) is 30.1 Å². The Labute approximate surface area is 96.7 Å². The predicted octanol–water partition coefficient (Wildman–Crippen LogP) is 1.18. The van der Waals surface area contributed by atoms with Gasteiger partial charge in [-0.1, -0.05) is 24.3 Å². The Hall–Kier alpha value is -0.900. The Morgan fingerprint density at radius 3 is 2.81 bits per heavy atom. The summed E-state index contributed by atoms with van der Waals surface area (Å²) in [5, 5.41) is 13.6. The first kappa shape index (κ1) is 11.6. The van der Waals surface area contributed by atoms with Crippen molar-refractivity contribution in [3.63, 3.8) is 0 Å². The maximum atomic E-state index is 10.3. The molecule has 1 fully saturated rings. The molecule has 1 atom stereocenters. The van der Waals surface area contributed by atoms with Crippen molar-refractivity contribution in [2.24, 2.45) is 11.7 Å². The molecule has 3 heteroatoms. The summed E-state index contributed by atoms with van der Waals surface area (Å²) < 4.78 is 0. The number of hydrogen-bond donors (Lipinski definition) is 3. The van der Waals surface area contributed by atoms with E-state index in [0.717, 1.165) is 37.1 Å². The lowest BCUT2D eigenvalue weighted by atomic mass is 9.88. The molecule has 3 nitrogen and oxygen atoms in total. The summed E-state index contributed by atoms with van der Waals surface area (Å²) in [5.41, 5.74) is 7.70. The van der Waals surface area contributed by atoms with E-state index in [4.69, 9.17) is 5.73 Å². The molecular weight excluding hydrogens is 200 g/mol. The maximum Gasteiger partial charge on any atom is 0.0819 e. The standard InChI is InChI=1S/C13H20N2O/c14-9-10-2-1-3-12(8-10)13(16)11-4-6-15-7-5-11/h1-3,8,11,13,15-16H,4-7,9,14H2. The van der Waals surface area contributed by atoms with E-state index in [1.54, 1.807) is 0 Å². The Balaban J connectivity index is 2.09. The van der Waals surface area contributed by atoms with E-state index in [-0.39, 0.29) is 6.10 Å². The van der Waals surface area contributed by atoms with Gasteiger partial charge in [0.1, 0.15) is 0 Å². The molecule has 1 aliphatic rings. The van der Waals surface area contributed by atoms with Gasteiger partial charge in [0, 0.05) is 6.54 Å². The lowest BCUT2D eigenvalue weighted by molar-refractivity contribution is 0.0889. The third-order valence-electron chi connectivity index (χ3n) is 3.36. The molecule has 0 bridgehead atoms. The molecule has 1 aliphatic heterocycles. The SMILES string of the molecule is NCc1cccc(C(O)C2CCNCC2)c1. The van der Waals surface area contributed by atoms with Crippen LogP contribution in [0.3, 0.4) is 0 Å². The van der Waals surface area contributed by atoms with Gasteiger partial charge in [-0.3, -0.25) is 0 Å². The molecule has 1 aromatic rings. The van der Waals surface area contributed by atoms with Crippen LogP contribution >= 0.6 is 0 Å². The molecule has 88 valence electrons. The Morgan fingerprint density at radius 1 is 1.38 bits per heavy atom. The van der Waals surface area contributed by atoms with Crippen molar-refractivity contribution in [2.45, 2.75) is 25.5 Å². The molecule has 2 rings (SSSR count). The van der Waals surface area contributed by atoms with Gasteiger partial charge in [-0.15, -0.1) is 0 Å². The van der Waals surface area contributed by atoms with Crippen molar-refractivity contribution in [2.75, 3.05) is 13.1 Å². The lowest BCUT2D eigenvalue weighted by Gasteiger charge is -2.27. The molecule has 1 unspecified atom stereocenters. The van der Waals surface area contributed by atoms with Gasteiger partial charge in [-0.2, -0.15) is 0 Å². The molecule has 0 saturated carbocycles. The first-order chi connectivity index (χ1) is 7.81. The molecule has 16 heavy (non-hydrogen) atoms. The summed E-state index contributed by atoms with van der Waals surface area (Å²) in [6, 6.07) is 7.99. The number of aliphatic hydroxyl groups excluding tert-OH is 1. The molecule has 1 heterocycles. The highest BCUT2D eigenvalue weighted by atomic mass is 16.3. The number of piperidine rings is 1. The zero-order valence-corrected chi connectivity index (χ0v) is 9.52. The van der Waals surface area contributed by atoms with Gasteiger partial charge in [-0.25, -0.2) is 0 Å². The molecule has 1 saturated heterocycles. The van der Waals surface area contributed by atoms with Crippen molar-refractivity contribution in [3.05, 3.63) is 35.4 Å². The smallest absolute Gasteiger partial charge is 0.0819 e. The maximum absolute atomic E-state index is 10.3. The molecule has 1 aromatic carbocycles. The second kappa shape index (κ2) is 5.43. The highest BCUT2D eigenvalue weighted by molar-refractivity contribution is 5.25. The van der Waals surface area contributed by atoms with E-state index in [1.807, 2.05) is 24.3 Å². The topological polar surface area (TPSA) is 58.3 Å². The van der Waals surface area contributed by atoms with Gasteiger partial charge in [0.05, 0.1) is 6.10 Å². The van der Waals surface area contributed by atoms with Crippen molar-refractivity contribution < 1.29 is 5.11 Å². The zero-order chi connectivity index (χ0) is 11.4. The third kappa shape index (κ3) is 2.61. The summed E-state index contributed by atoms with van der Waals surface area (Å²) in [7, 11) is 0. The van der Waals surface area contributed by atoms with Crippen molar-refractivity contribution in [3.8, 4) is 0 Å². The quantitative estimate of drug-likeness (QED) is 0.717. The molecule has 0 aliphatic carbocycles. The summed E-state index contributed by atoms with van der Waals surface area (Å²) >= 11 is 0. The molecule has 0 radical (unpaired) electrons. The zero-order valence-electron chi connectivity index (χ0n) is 9.52. The van der Waals surface area contributed by atoms with E-state index in [2.05, 4.69) is 5.32 Å². The monoisotopic (exact) mass is 220 g/mol. The average Bonchev–Trinajstić information content (AvgIpc) is 2.39. The number of nitrogens with one attached hydrogen (secondary N) is 1. The van der Waals surface area contributed by atoms with Crippen LogP contribution in [0.15, 0.2) is 24.3 Å². The molecule has 0 aromatic heterocycles. The Kier molecular flexibility index (Phi) is 3.93. The van der Waals surface area contributed by atoms with Gasteiger partial charge < -0.3 is 16.2 Å². The highest BCUT2D eigenvalue weighted by Crippen LogP contribution is 2.28. The van der Waals surface area contributed by atoms with Crippen LogP contribution in [0.25, 0.3) is 0 Å². The van der Waals surface area contributed by atoms with Crippen LogP contribution in [0.5, 0.6) is 0 Å². The Bertz CT molecular complexity index is 334. The van der Waals surface area contributed by atoms with Crippen LogP contribution in [-0.4, -0.2) is 18.2 Å². The van der Waals surface area contributed by atoms with E-state index in [9.17, 15) is 5.11 Å². The first-order valence-corrected chi connectivity index (χ1v) is 5.99. The van der Waals surface area contributed by atoms with Crippen LogP contribution in [0.4, 0.5) is 0 Å². The van der Waals surface area contributed by atoms with Gasteiger partial charge in [0.15, 0.2) is 0 Å². The van der Waals surface area contributed by atoms with E-state index < -0.39 is 0 Å². The first-order valence-electron chi connectivity index (χ1n) is 5.99. The minimum absolute atomic E-state index is 0.339. The van der Waals surface area contributed by atoms with Crippen molar-refractivity contribution in [1.29, 1.82) is 0 Å². The minimum atomic E-state index is -0.339. The number of rotatable bonds is 3. The second-order valence-electron chi connectivity index (χ2n) is 4.48. The number of aliphatic hydroxyl groups is 1. The summed E-state index contributed by atoms with van der Waals surface area (Å²) in [6.07, 6.45) is 1.76. The van der Waals surface area contributed by atoms with E-state index >= 15 is 0 Å². The largest absolute Gasteiger partial charge is 0.388 e. The summed E-state index contributed by atoms with van der Waals surface area (Å²) in [6.45, 7) is 2.56. The van der Waals surface area contributed by atoms with Gasteiger partial charge in [-0.05, 0) is 43.0 Å². The predicted molar refractivity (Wildman–Crippen MR) is 64.9 cm³/mol. The molecular formula is C13H20N2O. The van der Waals surface area contributed by atoms with Gasteiger partial charge in [0.25, 0.3) is 0 Å². The fourth-order valence-electron chi connectivity index (χ4n) is 2.34. The average molecular weight is 220 g/mol. The molecule has 0 spiro atoms. The molecule has 0 amide bonds. The van der Waals surface area contributed by atoms with Crippen LogP contribution in [0.2, 0.25) is 0 Å². The summed E-state index contributed by atoms with van der Waals surface area (Å²) in [5.74, 6) is 0.384. The van der Waals surface area contributed by atoms with Gasteiger partial charge >= 0.3 is 0 Å². The molecule has 4 N–H and O–H groups in total. The highest BCUT2D eigenvalue weighted by Gasteiger charge is 2.22. The second-order valence-corrected chi connectivity index (χ2v) is 4.48. The van der Waals surface area contributed by atoms with Crippen LogP contribution < -0.4 is 11.1 Å². The summed E-state index contributed by atoms with van der Waals surface area (Å²) in [4.78, 5) is 0.